The summed E-state index contributed by atoms with van der Waals surface area (Å²) < 4.78 is 0. The summed E-state index contributed by atoms with van der Waals surface area (Å²) in [5.41, 5.74) is 5.79. The third-order valence-corrected chi connectivity index (χ3v) is 1.69. The summed E-state index contributed by atoms with van der Waals surface area (Å²) in [6, 6.07) is 9.73. The zero-order chi connectivity index (χ0) is 9.73. The van der Waals surface area contributed by atoms with Crippen molar-refractivity contribution < 1.29 is 4.79 Å². The van der Waals surface area contributed by atoms with Crippen molar-refractivity contribution in [1.29, 1.82) is 0 Å². The van der Waals surface area contributed by atoms with E-state index in [1.54, 1.807) is 13.0 Å². The number of hydrogen-bond donors (Lipinski definition) is 1. The Bertz CT molecular complexity index is 301. The van der Waals surface area contributed by atoms with Crippen molar-refractivity contribution in [3.8, 4) is 0 Å². The van der Waals surface area contributed by atoms with E-state index in [0.29, 0.717) is 0 Å². The van der Waals surface area contributed by atoms with Gasteiger partial charge in [-0.25, -0.2) is 0 Å². The first-order valence-electron chi connectivity index (χ1n) is 4.13. The van der Waals surface area contributed by atoms with E-state index in [-0.39, 0.29) is 0 Å². The Morgan fingerprint density at radius 2 is 1.92 bits per heavy atom. The molecule has 0 aliphatic carbocycles. The van der Waals surface area contributed by atoms with Crippen LogP contribution in [0.15, 0.2) is 36.4 Å². The van der Waals surface area contributed by atoms with Crippen molar-refractivity contribution in [3.63, 3.8) is 0 Å². The molecule has 0 aliphatic heterocycles. The molecule has 0 aromatic heterocycles. The molecule has 0 fully saturated rings. The standard InChI is InChI=1S/C11H13NO/c1-11(12,9-13)8-7-10-5-3-2-4-6-10/h2-9H,12H2,1H3. The van der Waals surface area contributed by atoms with Gasteiger partial charge in [0.2, 0.25) is 0 Å². The highest BCUT2D eigenvalue weighted by molar-refractivity contribution is 5.69. The maximum Gasteiger partial charge on any atom is 0.143 e. The van der Waals surface area contributed by atoms with Crippen molar-refractivity contribution in [2.75, 3.05) is 0 Å². The topological polar surface area (TPSA) is 43.1 Å². The molecule has 1 rings (SSSR count). The second kappa shape index (κ2) is 4.01. The van der Waals surface area contributed by atoms with E-state index < -0.39 is 5.54 Å². The van der Waals surface area contributed by atoms with Crippen LogP contribution >= 0.6 is 0 Å². The highest BCUT2D eigenvalue weighted by Crippen LogP contribution is 2.04. The molecule has 0 aliphatic rings. The fourth-order valence-electron chi connectivity index (χ4n) is 0.879. The first kappa shape index (κ1) is 9.68. The molecule has 0 bridgehead atoms. The van der Waals surface area contributed by atoms with Gasteiger partial charge < -0.3 is 10.5 Å². The molecule has 13 heavy (non-hydrogen) atoms. The van der Waals surface area contributed by atoms with Crippen LogP contribution in [-0.4, -0.2) is 11.8 Å². The first-order chi connectivity index (χ1) is 6.14. The zero-order valence-corrected chi connectivity index (χ0v) is 7.60. The van der Waals surface area contributed by atoms with Crippen molar-refractivity contribution in [2.24, 2.45) is 5.73 Å². The third-order valence-electron chi connectivity index (χ3n) is 1.69. The van der Waals surface area contributed by atoms with Gasteiger partial charge in [-0.1, -0.05) is 42.5 Å². The van der Waals surface area contributed by atoms with E-state index in [9.17, 15) is 4.79 Å². The van der Waals surface area contributed by atoms with Crippen molar-refractivity contribution in [1.82, 2.24) is 0 Å². The van der Waals surface area contributed by atoms with Crippen molar-refractivity contribution in [3.05, 3.63) is 42.0 Å². The number of benzene rings is 1. The van der Waals surface area contributed by atoms with Gasteiger partial charge in [-0.3, -0.25) is 0 Å². The molecule has 0 amide bonds. The first-order valence-corrected chi connectivity index (χ1v) is 4.13. The normalized spacial score (nSPS) is 15.5. The monoisotopic (exact) mass is 175 g/mol. The van der Waals surface area contributed by atoms with Crippen LogP contribution in [0.3, 0.4) is 0 Å². The van der Waals surface area contributed by atoms with E-state index in [2.05, 4.69) is 0 Å². The summed E-state index contributed by atoms with van der Waals surface area (Å²) in [7, 11) is 0. The lowest BCUT2D eigenvalue weighted by Gasteiger charge is -2.09. The Morgan fingerprint density at radius 1 is 1.31 bits per heavy atom. The predicted octanol–water partition coefficient (Wildman–Crippen LogP) is 1.62. The molecule has 0 saturated heterocycles. The minimum absolute atomic E-state index is 0.729. The molecule has 0 radical (unpaired) electrons. The van der Waals surface area contributed by atoms with Crippen LogP contribution in [0.2, 0.25) is 0 Å². The summed E-state index contributed by atoms with van der Waals surface area (Å²) in [5.74, 6) is 0. The lowest BCUT2D eigenvalue weighted by Crippen LogP contribution is -2.34. The lowest BCUT2D eigenvalue weighted by atomic mass is 10.0. The molecule has 68 valence electrons. The van der Waals surface area contributed by atoms with Gasteiger partial charge in [0.1, 0.15) is 6.29 Å². The Labute approximate surface area is 78.1 Å². The smallest absolute Gasteiger partial charge is 0.143 e. The van der Waals surface area contributed by atoms with E-state index in [4.69, 9.17) is 5.73 Å². The maximum atomic E-state index is 10.5. The van der Waals surface area contributed by atoms with Crippen LogP contribution < -0.4 is 5.73 Å². The molecular formula is C11H13NO. The minimum atomic E-state index is -0.865. The second-order valence-electron chi connectivity index (χ2n) is 3.23. The SMILES string of the molecule is CC(N)(C=O)C=Cc1ccccc1. The fraction of sp³-hybridized carbons (Fsp3) is 0.182. The molecule has 1 aromatic carbocycles. The third kappa shape index (κ3) is 3.22. The maximum absolute atomic E-state index is 10.5. The van der Waals surface area contributed by atoms with Gasteiger partial charge in [-0.2, -0.15) is 0 Å². The molecule has 0 heterocycles. The van der Waals surface area contributed by atoms with E-state index in [1.165, 1.54) is 0 Å². The summed E-state index contributed by atoms with van der Waals surface area (Å²) in [6.45, 7) is 1.67. The molecule has 2 nitrogen and oxygen atoms in total. The molecule has 1 aromatic rings. The van der Waals surface area contributed by atoms with Crippen LogP contribution in [-0.2, 0) is 4.79 Å². The van der Waals surface area contributed by atoms with Crippen LogP contribution in [0.25, 0.3) is 6.08 Å². The van der Waals surface area contributed by atoms with E-state index >= 15 is 0 Å². The Balaban J connectivity index is 2.75. The van der Waals surface area contributed by atoms with Gasteiger partial charge in [-0.15, -0.1) is 0 Å². The number of rotatable bonds is 3. The largest absolute Gasteiger partial charge is 0.316 e. The number of nitrogens with two attached hydrogens (primary N) is 1. The average molecular weight is 175 g/mol. The van der Waals surface area contributed by atoms with Crippen LogP contribution in [0.5, 0.6) is 0 Å². The Hall–Kier alpha value is -1.41. The fourth-order valence-corrected chi connectivity index (χ4v) is 0.879. The number of carbonyl (C=O) groups excluding carboxylic acids is 1. The van der Waals surface area contributed by atoms with Crippen molar-refractivity contribution >= 4 is 12.4 Å². The predicted molar refractivity (Wildman–Crippen MR) is 54.1 cm³/mol. The molecule has 1 atom stereocenters. The lowest BCUT2D eigenvalue weighted by molar-refractivity contribution is -0.110. The van der Waals surface area contributed by atoms with Gasteiger partial charge in [0, 0.05) is 0 Å². The summed E-state index contributed by atoms with van der Waals surface area (Å²) in [4.78, 5) is 10.5. The zero-order valence-electron chi connectivity index (χ0n) is 7.60. The van der Waals surface area contributed by atoms with Gasteiger partial charge in [-0.05, 0) is 12.5 Å². The second-order valence-corrected chi connectivity index (χ2v) is 3.23. The Kier molecular flexibility index (Phi) is 2.98. The quantitative estimate of drug-likeness (QED) is 0.709. The van der Waals surface area contributed by atoms with Crippen molar-refractivity contribution in [2.45, 2.75) is 12.5 Å². The highest BCUT2D eigenvalue weighted by Gasteiger charge is 2.10. The number of aldehydes is 1. The summed E-state index contributed by atoms with van der Waals surface area (Å²) >= 11 is 0. The minimum Gasteiger partial charge on any atom is -0.316 e. The average Bonchev–Trinajstić information content (AvgIpc) is 2.17. The van der Waals surface area contributed by atoms with Crippen LogP contribution in [0.4, 0.5) is 0 Å². The molecular weight excluding hydrogens is 162 g/mol. The molecule has 0 saturated carbocycles. The molecule has 1 unspecified atom stereocenters. The molecule has 0 spiro atoms. The van der Waals surface area contributed by atoms with E-state index in [0.717, 1.165) is 11.8 Å². The number of hydrogen-bond acceptors (Lipinski definition) is 2. The van der Waals surface area contributed by atoms with Gasteiger partial charge in [0.25, 0.3) is 0 Å². The van der Waals surface area contributed by atoms with E-state index in [1.807, 2.05) is 36.4 Å². The van der Waals surface area contributed by atoms with Gasteiger partial charge >= 0.3 is 0 Å². The highest BCUT2D eigenvalue weighted by atomic mass is 16.1. The molecule has 2 heteroatoms. The molecule has 2 N–H and O–H groups in total. The van der Waals surface area contributed by atoms with Gasteiger partial charge in [0.05, 0.1) is 5.54 Å². The van der Waals surface area contributed by atoms with Gasteiger partial charge in [0.15, 0.2) is 0 Å². The number of carbonyl (C=O) groups is 1. The van der Waals surface area contributed by atoms with Crippen LogP contribution in [0, 0.1) is 0 Å². The summed E-state index contributed by atoms with van der Waals surface area (Å²) in [5, 5.41) is 0. The summed E-state index contributed by atoms with van der Waals surface area (Å²) in [6.07, 6.45) is 4.26. The Morgan fingerprint density at radius 3 is 2.46 bits per heavy atom. The van der Waals surface area contributed by atoms with Crippen LogP contribution in [0.1, 0.15) is 12.5 Å².